The molecule has 0 heterocycles. The normalized spacial score (nSPS) is 12.1. The van der Waals surface area contributed by atoms with E-state index >= 15 is 0 Å². The SMILES string of the molecule is Cc1cc(C)c([C@H](N)CC#N)c(O)c1. The molecule has 14 heavy (non-hydrogen) atoms. The number of nitrogens with zero attached hydrogens (tertiary/aromatic N) is 1. The molecule has 3 heteroatoms. The summed E-state index contributed by atoms with van der Waals surface area (Å²) in [6.07, 6.45) is 0.220. The number of aromatic hydroxyl groups is 1. The molecule has 74 valence electrons. The standard InChI is InChI=1S/C11H14N2O/c1-7-5-8(2)11(10(14)6-7)9(13)3-4-12/h5-6,9,14H,3,13H2,1-2H3/t9-/m1/s1. The number of phenols is 1. The molecule has 0 fully saturated rings. The Hall–Kier alpha value is -1.53. The van der Waals surface area contributed by atoms with Gasteiger partial charge in [-0.25, -0.2) is 0 Å². The number of phenolic OH excluding ortho intramolecular Hbond substituents is 1. The van der Waals surface area contributed by atoms with Crippen molar-refractivity contribution < 1.29 is 5.11 Å². The minimum absolute atomic E-state index is 0.185. The fourth-order valence-electron chi connectivity index (χ4n) is 1.64. The van der Waals surface area contributed by atoms with Gasteiger partial charge in [0.25, 0.3) is 0 Å². The van der Waals surface area contributed by atoms with Crippen LogP contribution in [0.4, 0.5) is 0 Å². The third-order valence-electron chi connectivity index (χ3n) is 2.19. The van der Waals surface area contributed by atoms with Crippen molar-refractivity contribution in [3.05, 3.63) is 28.8 Å². The summed E-state index contributed by atoms with van der Waals surface area (Å²) in [5.41, 5.74) is 8.38. The van der Waals surface area contributed by atoms with Gasteiger partial charge in [0.1, 0.15) is 5.75 Å². The molecule has 0 radical (unpaired) electrons. The van der Waals surface area contributed by atoms with Crippen molar-refractivity contribution in [3.8, 4) is 11.8 Å². The van der Waals surface area contributed by atoms with Crippen LogP contribution in [-0.2, 0) is 0 Å². The van der Waals surface area contributed by atoms with Gasteiger partial charge in [-0.2, -0.15) is 5.26 Å². The van der Waals surface area contributed by atoms with Gasteiger partial charge in [-0.1, -0.05) is 6.07 Å². The van der Waals surface area contributed by atoms with E-state index in [1.54, 1.807) is 6.07 Å². The molecule has 1 aromatic carbocycles. The van der Waals surface area contributed by atoms with Crippen LogP contribution >= 0.6 is 0 Å². The van der Waals surface area contributed by atoms with Gasteiger partial charge in [0.15, 0.2) is 0 Å². The molecule has 0 aromatic heterocycles. The predicted molar refractivity (Wildman–Crippen MR) is 54.7 cm³/mol. The third-order valence-corrected chi connectivity index (χ3v) is 2.19. The van der Waals surface area contributed by atoms with E-state index in [4.69, 9.17) is 11.0 Å². The lowest BCUT2D eigenvalue weighted by Gasteiger charge is -2.14. The number of hydrogen-bond acceptors (Lipinski definition) is 3. The highest BCUT2D eigenvalue weighted by atomic mass is 16.3. The average molecular weight is 190 g/mol. The Kier molecular flexibility index (Phi) is 3.10. The lowest BCUT2D eigenvalue weighted by Crippen LogP contribution is -2.11. The van der Waals surface area contributed by atoms with Crippen LogP contribution in [0.1, 0.15) is 29.2 Å². The van der Waals surface area contributed by atoms with E-state index in [1.807, 2.05) is 26.0 Å². The molecule has 1 atom stereocenters. The molecule has 0 spiro atoms. The average Bonchev–Trinajstić information content (AvgIpc) is 2.01. The van der Waals surface area contributed by atoms with Gasteiger partial charge in [0.2, 0.25) is 0 Å². The van der Waals surface area contributed by atoms with Crippen molar-refractivity contribution >= 4 is 0 Å². The lowest BCUT2D eigenvalue weighted by molar-refractivity contribution is 0.460. The molecule has 3 nitrogen and oxygen atoms in total. The third kappa shape index (κ3) is 2.04. The summed E-state index contributed by atoms with van der Waals surface area (Å²) in [5.74, 6) is 0.185. The van der Waals surface area contributed by atoms with Crippen LogP contribution in [0.2, 0.25) is 0 Å². The fourth-order valence-corrected chi connectivity index (χ4v) is 1.64. The quantitative estimate of drug-likeness (QED) is 0.748. The van der Waals surface area contributed by atoms with Crippen molar-refractivity contribution in [2.24, 2.45) is 5.73 Å². The molecule has 1 aromatic rings. The van der Waals surface area contributed by atoms with Gasteiger partial charge in [-0.15, -0.1) is 0 Å². The molecule has 0 saturated heterocycles. The minimum atomic E-state index is -0.402. The Balaban J connectivity index is 3.15. The summed E-state index contributed by atoms with van der Waals surface area (Å²) in [7, 11) is 0. The minimum Gasteiger partial charge on any atom is -0.508 e. The van der Waals surface area contributed by atoms with Crippen LogP contribution in [0.5, 0.6) is 5.75 Å². The number of aryl methyl sites for hydroxylation is 2. The highest BCUT2D eigenvalue weighted by Crippen LogP contribution is 2.29. The molecule has 0 aliphatic rings. The first kappa shape index (κ1) is 10.6. The van der Waals surface area contributed by atoms with Gasteiger partial charge >= 0.3 is 0 Å². The molecule has 0 aliphatic carbocycles. The van der Waals surface area contributed by atoms with Gasteiger partial charge in [-0.05, 0) is 31.0 Å². The summed E-state index contributed by atoms with van der Waals surface area (Å²) in [5, 5.41) is 18.2. The van der Waals surface area contributed by atoms with Gasteiger partial charge in [0.05, 0.1) is 12.5 Å². The monoisotopic (exact) mass is 190 g/mol. The van der Waals surface area contributed by atoms with E-state index in [-0.39, 0.29) is 12.2 Å². The summed E-state index contributed by atoms with van der Waals surface area (Å²) < 4.78 is 0. The lowest BCUT2D eigenvalue weighted by atomic mass is 9.97. The van der Waals surface area contributed by atoms with E-state index in [0.29, 0.717) is 5.56 Å². The molecule has 0 amide bonds. The van der Waals surface area contributed by atoms with Gasteiger partial charge in [-0.3, -0.25) is 0 Å². The zero-order valence-corrected chi connectivity index (χ0v) is 8.41. The van der Waals surface area contributed by atoms with Crippen molar-refractivity contribution in [2.75, 3.05) is 0 Å². The molecular weight excluding hydrogens is 176 g/mol. The molecule has 1 rings (SSSR count). The van der Waals surface area contributed by atoms with Crippen LogP contribution in [0.25, 0.3) is 0 Å². The summed E-state index contributed by atoms with van der Waals surface area (Å²) in [6, 6.07) is 5.21. The maximum atomic E-state index is 9.68. The zero-order valence-electron chi connectivity index (χ0n) is 8.41. The Bertz CT molecular complexity index is 356. The first-order valence-corrected chi connectivity index (χ1v) is 4.49. The first-order chi connectivity index (χ1) is 6.56. The fraction of sp³-hybridized carbons (Fsp3) is 0.364. The Morgan fingerprint density at radius 2 is 2.14 bits per heavy atom. The first-order valence-electron chi connectivity index (χ1n) is 4.49. The molecule has 0 aliphatic heterocycles. The number of benzene rings is 1. The smallest absolute Gasteiger partial charge is 0.120 e. The maximum absolute atomic E-state index is 9.68. The van der Waals surface area contributed by atoms with Crippen LogP contribution in [0.15, 0.2) is 12.1 Å². The Morgan fingerprint density at radius 1 is 1.50 bits per heavy atom. The predicted octanol–water partition coefficient (Wildman–Crippen LogP) is 1.92. The second-order valence-electron chi connectivity index (χ2n) is 3.48. The van der Waals surface area contributed by atoms with Crippen molar-refractivity contribution in [2.45, 2.75) is 26.3 Å². The van der Waals surface area contributed by atoms with Crippen molar-refractivity contribution in [3.63, 3.8) is 0 Å². The number of rotatable bonds is 2. The second-order valence-corrected chi connectivity index (χ2v) is 3.48. The molecule has 0 bridgehead atoms. The van der Waals surface area contributed by atoms with E-state index in [1.165, 1.54) is 0 Å². The van der Waals surface area contributed by atoms with Crippen LogP contribution in [-0.4, -0.2) is 5.11 Å². The van der Waals surface area contributed by atoms with Crippen LogP contribution in [0, 0.1) is 25.2 Å². The van der Waals surface area contributed by atoms with Gasteiger partial charge in [0, 0.05) is 11.6 Å². The summed E-state index contributed by atoms with van der Waals surface area (Å²) in [6.45, 7) is 3.80. The number of hydrogen-bond donors (Lipinski definition) is 2. The van der Waals surface area contributed by atoms with Crippen LogP contribution < -0.4 is 5.73 Å². The zero-order chi connectivity index (χ0) is 10.7. The molecule has 0 saturated carbocycles. The van der Waals surface area contributed by atoms with Crippen LogP contribution in [0.3, 0.4) is 0 Å². The largest absolute Gasteiger partial charge is 0.508 e. The summed E-state index contributed by atoms with van der Waals surface area (Å²) in [4.78, 5) is 0. The second kappa shape index (κ2) is 4.12. The highest BCUT2D eigenvalue weighted by molar-refractivity contribution is 5.44. The van der Waals surface area contributed by atoms with Gasteiger partial charge < -0.3 is 10.8 Å². The molecular formula is C11H14N2O. The van der Waals surface area contributed by atoms with E-state index < -0.39 is 6.04 Å². The van der Waals surface area contributed by atoms with Crippen molar-refractivity contribution in [1.82, 2.24) is 0 Å². The summed E-state index contributed by atoms with van der Waals surface area (Å²) >= 11 is 0. The number of nitriles is 1. The molecule has 0 unspecified atom stereocenters. The number of nitrogens with two attached hydrogens (primary N) is 1. The Labute approximate surface area is 83.8 Å². The van der Waals surface area contributed by atoms with E-state index in [0.717, 1.165) is 11.1 Å². The van der Waals surface area contributed by atoms with E-state index in [9.17, 15) is 5.11 Å². The maximum Gasteiger partial charge on any atom is 0.120 e. The Morgan fingerprint density at radius 3 is 2.64 bits per heavy atom. The molecule has 3 N–H and O–H groups in total. The highest BCUT2D eigenvalue weighted by Gasteiger charge is 2.13. The van der Waals surface area contributed by atoms with Crippen molar-refractivity contribution in [1.29, 1.82) is 5.26 Å². The topological polar surface area (TPSA) is 70.0 Å². The van der Waals surface area contributed by atoms with E-state index in [2.05, 4.69) is 0 Å².